The van der Waals surface area contributed by atoms with E-state index in [-0.39, 0.29) is 11.9 Å². The number of hydrogen-bond donors (Lipinski definition) is 0. The van der Waals surface area contributed by atoms with E-state index in [4.69, 9.17) is 4.74 Å². The largest absolute Gasteiger partial charge is 0.462 e. The van der Waals surface area contributed by atoms with Crippen LogP contribution in [0.25, 0.3) is 21.0 Å². The van der Waals surface area contributed by atoms with Crippen molar-refractivity contribution in [3.63, 3.8) is 0 Å². The van der Waals surface area contributed by atoms with E-state index in [1.807, 2.05) is 54.0 Å². The standard InChI is InChI=1S/C23H20N2O3S/c1-3-25-19-12-11-18(22(27)28-4-2)14-20(19)29-23(25)24-21(26)17-10-9-15-7-5-6-8-16(15)13-17/h5-14H,3-4H2,1-2H3. The molecule has 0 unspecified atom stereocenters. The van der Waals surface area contributed by atoms with Crippen LogP contribution in [0.2, 0.25) is 0 Å². The first-order valence-electron chi connectivity index (χ1n) is 9.49. The zero-order chi connectivity index (χ0) is 20.4. The average molecular weight is 404 g/mol. The van der Waals surface area contributed by atoms with Crippen molar-refractivity contribution in [2.24, 2.45) is 4.99 Å². The third kappa shape index (κ3) is 3.71. The fraction of sp³-hybridized carbons (Fsp3) is 0.174. The molecule has 4 rings (SSSR count). The molecule has 0 atom stereocenters. The lowest BCUT2D eigenvalue weighted by atomic mass is 10.1. The normalized spacial score (nSPS) is 11.9. The van der Waals surface area contributed by atoms with E-state index in [1.165, 1.54) is 11.3 Å². The summed E-state index contributed by atoms with van der Waals surface area (Å²) in [6, 6.07) is 18.9. The minimum Gasteiger partial charge on any atom is -0.462 e. The Hall–Kier alpha value is -3.25. The van der Waals surface area contributed by atoms with E-state index in [0.717, 1.165) is 21.0 Å². The number of benzene rings is 3. The fourth-order valence-corrected chi connectivity index (χ4v) is 4.41. The van der Waals surface area contributed by atoms with Crippen LogP contribution in [-0.4, -0.2) is 23.1 Å². The molecule has 0 saturated carbocycles. The Balaban J connectivity index is 1.77. The van der Waals surface area contributed by atoms with Gasteiger partial charge < -0.3 is 9.30 Å². The first kappa shape index (κ1) is 19.1. The van der Waals surface area contributed by atoms with Gasteiger partial charge >= 0.3 is 5.97 Å². The molecule has 5 nitrogen and oxygen atoms in total. The summed E-state index contributed by atoms with van der Waals surface area (Å²) in [5.41, 5.74) is 1.99. The van der Waals surface area contributed by atoms with Crippen molar-refractivity contribution >= 4 is 44.2 Å². The number of esters is 1. The predicted octanol–water partition coefficient (Wildman–Crippen LogP) is 4.79. The van der Waals surface area contributed by atoms with Crippen LogP contribution in [0.4, 0.5) is 0 Å². The third-order valence-electron chi connectivity index (χ3n) is 4.70. The van der Waals surface area contributed by atoms with Crippen LogP contribution in [0.5, 0.6) is 0 Å². The molecule has 1 aromatic heterocycles. The number of nitrogens with zero attached hydrogens (tertiary/aromatic N) is 2. The molecule has 0 N–H and O–H groups in total. The van der Waals surface area contributed by atoms with Crippen LogP contribution in [0.15, 0.2) is 65.7 Å². The summed E-state index contributed by atoms with van der Waals surface area (Å²) in [5.74, 6) is -0.633. The quantitative estimate of drug-likeness (QED) is 0.459. The molecule has 6 heteroatoms. The molecule has 0 aliphatic heterocycles. The Morgan fingerprint density at radius 3 is 2.48 bits per heavy atom. The average Bonchev–Trinajstić information content (AvgIpc) is 3.09. The van der Waals surface area contributed by atoms with Crippen LogP contribution in [0.1, 0.15) is 34.6 Å². The Bertz CT molecular complexity index is 1300. The number of amides is 1. The molecule has 146 valence electrons. The van der Waals surface area contributed by atoms with Gasteiger partial charge in [-0.3, -0.25) is 4.79 Å². The van der Waals surface area contributed by atoms with Gasteiger partial charge in [-0.15, -0.1) is 0 Å². The second-order valence-corrected chi connectivity index (χ2v) is 7.52. The monoisotopic (exact) mass is 404 g/mol. The highest BCUT2D eigenvalue weighted by Gasteiger charge is 2.12. The molecule has 4 aromatic rings. The number of carbonyl (C=O) groups is 2. The van der Waals surface area contributed by atoms with E-state index in [9.17, 15) is 9.59 Å². The van der Waals surface area contributed by atoms with Gasteiger partial charge in [0.1, 0.15) is 0 Å². The summed E-state index contributed by atoms with van der Waals surface area (Å²) >= 11 is 1.39. The number of aromatic nitrogens is 1. The Labute approximate surface area is 171 Å². The first-order valence-corrected chi connectivity index (χ1v) is 10.3. The lowest BCUT2D eigenvalue weighted by molar-refractivity contribution is 0.0526. The summed E-state index contributed by atoms with van der Waals surface area (Å²) in [6.07, 6.45) is 0. The van der Waals surface area contributed by atoms with Gasteiger partial charge in [0, 0.05) is 12.1 Å². The number of hydrogen-bond acceptors (Lipinski definition) is 4. The lowest BCUT2D eigenvalue weighted by Crippen LogP contribution is -2.15. The lowest BCUT2D eigenvalue weighted by Gasteiger charge is -2.03. The van der Waals surface area contributed by atoms with Gasteiger partial charge in [-0.25, -0.2) is 4.79 Å². The summed E-state index contributed by atoms with van der Waals surface area (Å²) < 4.78 is 7.95. The molecule has 0 aliphatic rings. The van der Waals surface area contributed by atoms with Crippen molar-refractivity contribution in [3.05, 3.63) is 76.6 Å². The second-order valence-electron chi connectivity index (χ2n) is 6.51. The molecule has 3 aromatic carbocycles. The zero-order valence-electron chi connectivity index (χ0n) is 16.2. The first-order chi connectivity index (χ1) is 14.1. The van der Waals surface area contributed by atoms with E-state index in [2.05, 4.69) is 4.99 Å². The molecule has 0 spiro atoms. The van der Waals surface area contributed by atoms with E-state index in [1.54, 1.807) is 25.1 Å². The molecule has 1 amide bonds. The summed E-state index contributed by atoms with van der Waals surface area (Å²) in [5, 5.41) is 2.09. The van der Waals surface area contributed by atoms with Crippen molar-refractivity contribution in [2.75, 3.05) is 6.61 Å². The topological polar surface area (TPSA) is 60.7 Å². The summed E-state index contributed by atoms with van der Waals surface area (Å²) in [4.78, 5) is 29.8. The maximum Gasteiger partial charge on any atom is 0.338 e. The zero-order valence-corrected chi connectivity index (χ0v) is 17.0. The molecular weight excluding hydrogens is 384 g/mol. The van der Waals surface area contributed by atoms with Crippen molar-refractivity contribution in [1.29, 1.82) is 0 Å². The van der Waals surface area contributed by atoms with Crippen LogP contribution in [-0.2, 0) is 11.3 Å². The number of carbonyl (C=O) groups excluding carboxylic acids is 2. The number of ether oxygens (including phenoxy) is 1. The second kappa shape index (κ2) is 8.01. The van der Waals surface area contributed by atoms with Gasteiger partial charge in [0.25, 0.3) is 5.91 Å². The molecule has 0 aliphatic carbocycles. The molecule has 1 heterocycles. The molecule has 29 heavy (non-hydrogen) atoms. The van der Waals surface area contributed by atoms with Crippen LogP contribution >= 0.6 is 11.3 Å². The van der Waals surface area contributed by atoms with Crippen molar-refractivity contribution in [2.45, 2.75) is 20.4 Å². The molecule has 0 bridgehead atoms. The number of thiazole rings is 1. The highest BCUT2D eigenvalue weighted by molar-refractivity contribution is 7.16. The van der Waals surface area contributed by atoms with Gasteiger partial charge in [0.05, 0.1) is 22.4 Å². The van der Waals surface area contributed by atoms with Gasteiger partial charge in [-0.2, -0.15) is 4.99 Å². The van der Waals surface area contributed by atoms with E-state index in [0.29, 0.717) is 29.1 Å². The molecule has 0 fully saturated rings. The number of fused-ring (bicyclic) bond motifs is 2. The van der Waals surface area contributed by atoms with E-state index < -0.39 is 0 Å². The Morgan fingerprint density at radius 2 is 1.72 bits per heavy atom. The maximum absolute atomic E-state index is 12.8. The predicted molar refractivity (Wildman–Crippen MR) is 115 cm³/mol. The number of aryl methyl sites for hydroxylation is 1. The molecular formula is C23H20N2O3S. The number of rotatable bonds is 4. The Morgan fingerprint density at radius 1 is 0.966 bits per heavy atom. The van der Waals surface area contributed by atoms with Gasteiger partial charge in [0.2, 0.25) is 0 Å². The fourth-order valence-electron chi connectivity index (χ4n) is 3.28. The van der Waals surface area contributed by atoms with E-state index >= 15 is 0 Å². The third-order valence-corrected chi connectivity index (χ3v) is 5.74. The maximum atomic E-state index is 12.8. The van der Waals surface area contributed by atoms with Gasteiger partial charge in [-0.05, 0) is 55.0 Å². The minimum atomic E-state index is -0.350. The van der Waals surface area contributed by atoms with Gasteiger partial charge in [-0.1, -0.05) is 41.7 Å². The highest BCUT2D eigenvalue weighted by Crippen LogP contribution is 2.21. The SMILES string of the molecule is CCOC(=O)c1ccc2c(c1)sc(=NC(=O)c1ccc3ccccc3c1)n2CC. The van der Waals surface area contributed by atoms with Gasteiger partial charge in [0.15, 0.2) is 4.80 Å². The van der Waals surface area contributed by atoms with Crippen molar-refractivity contribution < 1.29 is 14.3 Å². The summed E-state index contributed by atoms with van der Waals surface area (Å²) in [6.45, 7) is 4.78. The molecule has 0 radical (unpaired) electrons. The van der Waals surface area contributed by atoms with Crippen LogP contribution in [0, 0.1) is 0 Å². The molecule has 0 saturated heterocycles. The van der Waals surface area contributed by atoms with Crippen molar-refractivity contribution in [3.8, 4) is 0 Å². The minimum absolute atomic E-state index is 0.282. The summed E-state index contributed by atoms with van der Waals surface area (Å²) in [7, 11) is 0. The van der Waals surface area contributed by atoms with Crippen LogP contribution < -0.4 is 4.80 Å². The van der Waals surface area contributed by atoms with Crippen molar-refractivity contribution in [1.82, 2.24) is 4.57 Å². The van der Waals surface area contributed by atoms with Crippen LogP contribution in [0.3, 0.4) is 0 Å². The highest BCUT2D eigenvalue weighted by atomic mass is 32.1. The Kier molecular flexibility index (Phi) is 5.27. The smallest absolute Gasteiger partial charge is 0.338 e.